The van der Waals surface area contributed by atoms with Crippen LogP contribution in [0.25, 0.3) is 0 Å². The summed E-state index contributed by atoms with van der Waals surface area (Å²) in [7, 11) is 0. The summed E-state index contributed by atoms with van der Waals surface area (Å²) in [6.45, 7) is 5.71. The van der Waals surface area contributed by atoms with Gasteiger partial charge in [0.25, 0.3) is 0 Å². The Balaban J connectivity index is 2.25. The molecule has 0 amide bonds. The molecule has 0 aromatic heterocycles. The highest BCUT2D eigenvalue weighted by Gasteiger charge is 2.19. The van der Waals surface area contributed by atoms with Crippen molar-refractivity contribution in [2.75, 3.05) is 13.1 Å². The average molecular weight is 171 g/mol. The van der Waals surface area contributed by atoms with Crippen LogP contribution < -0.4 is 0 Å². The number of rotatable bonds is 3. The maximum atomic E-state index is 11.3. The normalized spacial score (nSPS) is 20.8. The Kier molecular flexibility index (Phi) is 3.53. The number of carbonyl (C=O) groups is 1. The van der Waals surface area contributed by atoms with Crippen LogP contribution in [-0.4, -0.2) is 24.1 Å². The van der Waals surface area contributed by atoms with Crippen molar-refractivity contribution in [1.29, 1.82) is 0 Å². The van der Waals surface area contributed by atoms with Gasteiger partial charge < -0.3 is 4.84 Å². The molecule has 1 unspecified atom stereocenters. The van der Waals surface area contributed by atoms with Crippen LogP contribution in [-0.2, 0) is 9.63 Å². The van der Waals surface area contributed by atoms with Crippen molar-refractivity contribution < 1.29 is 9.63 Å². The van der Waals surface area contributed by atoms with E-state index in [1.54, 1.807) is 5.06 Å². The van der Waals surface area contributed by atoms with Crippen LogP contribution in [0.1, 0.15) is 33.1 Å². The van der Waals surface area contributed by atoms with E-state index >= 15 is 0 Å². The highest BCUT2D eigenvalue weighted by molar-refractivity contribution is 5.71. The predicted molar refractivity (Wildman–Crippen MR) is 46.4 cm³/mol. The molecule has 0 aliphatic carbocycles. The highest BCUT2D eigenvalue weighted by atomic mass is 16.7. The first-order valence-electron chi connectivity index (χ1n) is 4.70. The Labute approximate surface area is 73.6 Å². The smallest absolute Gasteiger partial charge is 0.327 e. The van der Waals surface area contributed by atoms with E-state index in [1.165, 1.54) is 0 Å². The fourth-order valence-electron chi connectivity index (χ4n) is 1.16. The predicted octanol–water partition coefficient (Wildman–Crippen LogP) is 1.59. The van der Waals surface area contributed by atoms with E-state index in [2.05, 4.69) is 0 Å². The minimum Gasteiger partial charge on any atom is -0.368 e. The second-order valence-electron chi connectivity index (χ2n) is 3.36. The lowest BCUT2D eigenvalue weighted by Gasteiger charge is -2.16. The zero-order chi connectivity index (χ0) is 8.97. The van der Waals surface area contributed by atoms with Crippen LogP contribution in [0.4, 0.5) is 0 Å². The number of carbonyl (C=O) groups excluding carboxylic acids is 1. The van der Waals surface area contributed by atoms with Gasteiger partial charge in [-0.2, -0.15) is 0 Å². The van der Waals surface area contributed by atoms with Crippen LogP contribution in [0.2, 0.25) is 0 Å². The zero-order valence-corrected chi connectivity index (χ0v) is 7.88. The van der Waals surface area contributed by atoms with Crippen LogP contribution in [0.15, 0.2) is 0 Å². The van der Waals surface area contributed by atoms with Gasteiger partial charge in [0.2, 0.25) is 0 Å². The molecule has 1 saturated heterocycles. The second-order valence-corrected chi connectivity index (χ2v) is 3.36. The van der Waals surface area contributed by atoms with E-state index in [0.29, 0.717) is 0 Å². The van der Waals surface area contributed by atoms with E-state index in [-0.39, 0.29) is 11.9 Å². The summed E-state index contributed by atoms with van der Waals surface area (Å²) in [5, 5.41) is 1.77. The van der Waals surface area contributed by atoms with Gasteiger partial charge in [0, 0.05) is 13.1 Å². The highest BCUT2D eigenvalue weighted by Crippen LogP contribution is 2.11. The summed E-state index contributed by atoms with van der Waals surface area (Å²) in [6.07, 6.45) is 3.15. The first-order chi connectivity index (χ1) is 5.74. The largest absolute Gasteiger partial charge is 0.368 e. The van der Waals surface area contributed by atoms with E-state index < -0.39 is 0 Å². The molecular weight excluding hydrogens is 154 g/mol. The molecule has 0 N–H and O–H groups in total. The third kappa shape index (κ3) is 2.48. The lowest BCUT2D eigenvalue weighted by atomic mass is 10.1. The third-order valence-corrected chi connectivity index (χ3v) is 2.30. The third-order valence-electron chi connectivity index (χ3n) is 2.30. The van der Waals surface area contributed by atoms with Crippen LogP contribution in [0.3, 0.4) is 0 Å². The average Bonchev–Trinajstić information content (AvgIpc) is 2.55. The zero-order valence-electron chi connectivity index (χ0n) is 7.88. The van der Waals surface area contributed by atoms with Gasteiger partial charge in [0.1, 0.15) is 0 Å². The molecule has 0 bridgehead atoms. The molecule has 0 aromatic carbocycles. The molecule has 0 spiro atoms. The van der Waals surface area contributed by atoms with E-state index in [0.717, 1.165) is 32.4 Å². The van der Waals surface area contributed by atoms with Gasteiger partial charge in [-0.05, 0) is 19.3 Å². The fraction of sp³-hybridized carbons (Fsp3) is 0.889. The van der Waals surface area contributed by atoms with Gasteiger partial charge in [0.05, 0.1) is 5.92 Å². The molecule has 1 fully saturated rings. The van der Waals surface area contributed by atoms with Gasteiger partial charge in [0.15, 0.2) is 0 Å². The molecule has 1 aliphatic heterocycles. The maximum absolute atomic E-state index is 11.3. The summed E-state index contributed by atoms with van der Waals surface area (Å²) in [6, 6.07) is 0. The Hall–Kier alpha value is -0.570. The van der Waals surface area contributed by atoms with Crippen LogP contribution >= 0.6 is 0 Å². The minimum atomic E-state index is -0.0839. The Bertz CT molecular complexity index is 153. The van der Waals surface area contributed by atoms with Crippen molar-refractivity contribution in [3.05, 3.63) is 0 Å². The Morgan fingerprint density at radius 2 is 2.08 bits per heavy atom. The molecule has 12 heavy (non-hydrogen) atoms. The summed E-state index contributed by atoms with van der Waals surface area (Å²) in [4.78, 5) is 16.4. The maximum Gasteiger partial charge on any atom is 0.327 e. The summed E-state index contributed by atoms with van der Waals surface area (Å²) in [5.74, 6) is -0.0509. The molecule has 70 valence electrons. The summed E-state index contributed by atoms with van der Waals surface area (Å²) < 4.78 is 0. The molecule has 3 nitrogen and oxygen atoms in total. The molecular formula is C9H17NO2. The Morgan fingerprint density at radius 1 is 1.50 bits per heavy atom. The van der Waals surface area contributed by atoms with E-state index in [4.69, 9.17) is 4.84 Å². The topological polar surface area (TPSA) is 29.5 Å². The van der Waals surface area contributed by atoms with Gasteiger partial charge in [-0.3, -0.25) is 4.79 Å². The van der Waals surface area contributed by atoms with Gasteiger partial charge >= 0.3 is 5.97 Å². The van der Waals surface area contributed by atoms with Crippen molar-refractivity contribution in [3.63, 3.8) is 0 Å². The fourth-order valence-corrected chi connectivity index (χ4v) is 1.16. The van der Waals surface area contributed by atoms with Crippen molar-refractivity contribution in [2.45, 2.75) is 33.1 Å². The van der Waals surface area contributed by atoms with Crippen LogP contribution in [0, 0.1) is 5.92 Å². The molecule has 1 rings (SSSR count). The molecule has 1 heterocycles. The lowest BCUT2D eigenvalue weighted by molar-refractivity contribution is -0.190. The summed E-state index contributed by atoms with van der Waals surface area (Å²) in [5.41, 5.74) is 0. The number of nitrogens with zero attached hydrogens (tertiary/aromatic N) is 1. The molecule has 0 saturated carbocycles. The molecule has 1 atom stereocenters. The lowest BCUT2D eigenvalue weighted by Crippen LogP contribution is -2.27. The van der Waals surface area contributed by atoms with E-state index in [9.17, 15) is 4.79 Å². The quantitative estimate of drug-likeness (QED) is 0.645. The molecule has 1 aliphatic rings. The monoisotopic (exact) mass is 171 g/mol. The second kappa shape index (κ2) is 4.45. The van der Waals surface area contributed by atoms with Crippen molar-refractivity contribution >= 4 is 5.97 Å². The Morgan fingerprint density at radius 3 is 2.58 bits per heavy atom. The molecule has 0 aromatic rings. The van der Waals surface area contributed by atoms with Gasteiger partial charge in [-0.1, -0.05) is 13.8 Å². The van der Waals surface area contributed by atoms with E-state index in [1.807, 2.05) is 13.8 Å². The first-order valence-corrected chi connectivity index (χ1v) is 4.70. The minimum absolute atomic E-state index is 0.0330. The molecule has 0 radical (unpaired) electrons. The van der Waals surface area contributed by atoms with Gasteiger partial charge in [-0.15, -0.1) is 5.06 Å². The first kappa shape index (κ1) is 9.52. The SMILES string of the molecule is CCC(C)C(=O)ON1CCCC1. The van der Waals surface area contributed by atoms with Crippen molar-refractivity contribution in [3.8, 4) is 0 Å². The van der Waals surface area contributed by atoms with Crippen LogP contribution in [0.5, 0.6) is 0 Å². The summed E-state index contributed by atoms with van der Waals surface area (Å²) >= 11 is 0. The standard InChI is InChI=1S/C9H17NO2/c1-3-8(2)9(11)12-10-6-4-5-7-10/h8H,3-7H2,1-2H3. The number of hydrogen-bond donors (Lipinski definition) is 0. The number of hydroxylamine groups is 2. The van der Waals surface area contributed by atoms with Crippen molar-refractivity contribution in [2.24, 2.45) is 5.92 Å². The van der Waals surface area contributed by atoms with Gasteiger partial charge in [-0.25, -0.2) is 0 Å². The molecule has 3 heteroatoms. The number of hydrogen-bond acceptors (Lipinski definition) is 3. The van der Waals surface area contributed by atoms with Crippen molar-refractivity contribution in [1.82, 2.24) is 5.06 Å².